The first kappa shape index (κ1) is 20.2. The van der Waals surface area contributed by atoms with Gasteiger partial charge in [0.15, 0.2) is 18.2 Å². The topological polar surface area (TPSA) is 107 Å². The maximum absolute atomic E-state index is 13.0. The minimum atomic E-state index is -0.337. The molecule has 0 saturated carbocycles. The van der Waals surface area contributed by atoms with E-state index < -0.39 is 0 Å². The molecule has 0 aliphatic carbocycles. The van der Waals surface area contributed by atoms with Gasteiger partial charge in [0.05, 0.1) is 17.8 Å². The second kappa shape index (κ2) is 8.00. The molecule has 4 rings (SSSR count). The van der Waals surface area contributed by atoms with Gasteiger partial charge >= 0.3 is 0 Å². The van der Waals surface area contributed by atoms with E-state index in [2.05, 4.69) is 20.6 Å². The number of rotatable bonds is 5. The van der Waals surface area contributed by atoms with Crippen molar-refractivity contribution in [2.24, 2.45) is 0 Å². The van der Waals surface area contributed by atoms with Crippen molar-refractivity contribution in [2.45, 2.75) is 13.0 Å². The van der Waals surface area contributed by atoms with Crippen molar-refractivity contribution in [3.63, 3.8) is 0 Å². The predicted molar refractivity (Wildman–Crippen MR) is 113 cm³/mol. The van der Waals surface area contributed by atoms with Crippen LogP contribution in [0.1, 0.15) is 13.0 Å². The first-order valence-corrected chi connectivity index (χ1v) is 9.77. The summed E-state index contributed by atoms with van der Waals surface area (Å²) in [5, 5.41) is 6.57. The molecule has 0 radical (unpaired) electrons. The van der Waals surface area contributed by atoms with Crippen LogP contribution < -0.4 is 25.7 Å². The number of hydrogen-bond acceptors (Lipinski definition) is 7. The predicted octanol–water partition coefficient (Wildman–Crippen LogP) is 2.92. The molecule has 3 heterocycles. The van der Waals surface area contributed by atoms with Crippen molar-refractivity contribution in [3.8, 4) is 11.5 Å². The molecule has 156 valence electrons. The van der Waals surface area contributed by atoms with Gasteiger partial charge in [-0.2, -0.15) is 4.98 Å². The number of nitrogens with zero attached hydrogens (tertiary/aromatic N) is 3. The highest BCUT2D eigenvalue weighted by atomic mass is 35.5. The van der Waals surface area contributed by atoms with Gasteiger partial charge in [0, 0.05) is 24.2 Å². The molecule has 9 nitrogen and oxygen atoms in total. The molecule has 0 saturated heterocycles. The van der Waals surface area contributed by atoms with E-state index in [1.807, 2.05) is 6.92 Å². The molecule has 2 N–H and O–H groups in total. The Morgan fingerprint density at radius 1 is 1.37 bits per heavy atom. The lowest BCUT2D eigenvalue weighted by Crippen LogP contribution is -2.33. The number of likely N-dealkylation sites (N-methyl/N-ethyl adjacent to an activating group) is 1. The van der Waals surface area contributed by atoms with Crippen LogP contribution in [-0.4, -0.2) is 40.7 Å². The number of carbonyl (C=O) groups is 1. The highest BCUT2D eigenvalue weighted by molar-refractivity contribution is 6.33. The first-order valence-electron chi connectivity index (χ1n) is 9.02. The summed E-state index contributed by atoms with van der Waals surface area (Å²) in [6.45, 7) is 1.92. The zero-order valence-corrected chi connectivity index (χ0v) is 17.5. The number of benzene rings is 1. The van der Waals surface area contributed by atoms with E-state index >= 15 is 0 Å². The van der Waals surface area contributed by atoms with E-state index in [1.165, 1.54) is 13.2 Å². The molecule has 1 aliphatic heterocycles. The van der Waals surface area contributed by atoms with Crippen LogP contribution in [0.25, 0.3) is 10.9 Å². The van der Waals surface area contributed by atoms with Crippen molar-refractivity contribution in [1.29, 1.82) is 0 Å². The van der Waals surface area contributed by atoms with Gasteiger partial charge in [-0.05, 0) is 30.7 Å². The highest BCUT2D eigenvalue weighted by Gasteiger charge is 2.24. The molecule has 0 fully saturated rings. The molecule has 0 spiro atoms. The smallest absolute Gasteiger partial charge is 0.293 e. The summed E-state index contributed by atoms with van der Waals surface area (Å²) in [5.74, 6) is 0.595. The van der Waals surface area contributed by atoms with Gasteiger partial charge < -0.3 is 20.1 Å². The van der Waals surface area contributed by atoms with E-state index in [9.17, 15) is 9.59 Å². The zero-order valence-electron chi connectivity index (χ0n) is 16.0. The van der Waals surface area contributed by atoms with Gasteiger partial charge in [-0.1, -0.05) is 11.6 Å². The van der Waals surface area contributed by atoms with Crippen molar-refractivity contribution in [1.82, 2.24) is 19.9 Å². The third kappa shape index (κ3) is 3.73. The average Bonchev–Trinajstić information content (AvgIpc) is 2.72. The monoisotopic (exact) mass is 449 g/mol. The summed E-state index contributed by atoms with van der Waals surface area (Å²) in [6.07, 6.45) is 1.39. The van der Waals surface area contributed by atoms with E-state index in [0.29, 0.717) is 39.8 Å². The molecule has 1 aromatic carbocycles. The van der Waals surface area contributed by atoms with Crippen molar-refractivity contribution in [2.75, 3.05) is 25.6 Å². The molecule has 30 heavy (non-hydrogen) atoms. The minimum Gasteiger partial charge on any atom is -0.489 e. The third-order valence-electron chi connectivity index (χ3n) is 4.60. The average molecular weight is 450 g/mol. The van der Waals surface area contributed by atoms with Gasteiger partial charge in [-0.3, -0.25) is 14.2 Å². The molecular weight excluding hydrogens is 433 g/mol. The van der Waals surface area contributed by atoms with Crippen LogP contribution >= 0.6 is 23.2 Å². The van der Waals surface area contributed by atoms with Crippen LogP contribution in [0, 0.1) is 0 Å². The van der Waals surface area contributed by atoms with Crippen LogP contribution in [0.5, 0.6) is 11.5 Å². The van der Waals surface area contributed by atoms with Crippen LogP contribution in [-0.2, 0) is 4.79 Å². The van der Waals surface area contributed by atoms with Gasteiger partial charge in [0.2, 0.25) is 5.28 Å². The van der Waals surface area contributed by atoms with Crippen molar-refractivity contribution >= 4 is 51.5 Å². The summed E-state index contributed by atoms with van der Waals surface area (Å²) in [4.78, 5) is 32.4. The molecule has 2 aromatic heterocycles. The second-order valence-corrected chi connectivity index (χ2v) is 7.42. The quantitative estimate of drug-likeness (QED) is 0.576. The van der Waals surface area contributed by atoms with Crippen LogP contribution in [0.4, 0.5) is 11.5 Å². The number of nitrogens with one attached hydrogen (secondary N) is 2. The largest absolute Gasteiger partial charge is 0.489 e. The summed E-state index contributed by atoms with van der Waals surface area (Å²) in [6, 6.07) is 4.93. The lowest BCUT2D eigenvalue weighted by atomic mass is 10.1. The summed E-state index contributed by atoms with van der Waals surface area (Å²) >= 11 is 12.0. The highest BCUT2D eigenvalue weighted by Crippen LogP contribution is 2.37. The van der Waals surface area contributed by atoms with E-state index in [-0.39, 0.29) is 35.1 Å². The molecule has 3 aromatic rings. The van der Waals surface area contributed by atoms with Crippen molar-refractivity contribution < 1.29 is 14.3 Å². The maximum Gasteiger partial charge on any atom is 0.293 e. The van der Waals surface area contributed by atoms with Gasteiger partial charge in [-0.25, -0.2) is 4.98 Å². The number of hydrogen-bond donors (Lipinski definition) is 2. The maximum atomic E-state index is 13.0. The number of ether oxygens (including phenoxy) is 2. The Hall–Kier alpha value is -3.04. The number of amides is 1. The molecule has 0 bridgehead atoms. The minimum absolute atomic E-state index is 0.0489. The van der Waals surface area contributed by atoms with E-state index in [1.54, 1.807) is 22.8 Å². The summed E-state index contributed by atoms with van der Waals surface area (Å²) < 4.78 is 13.0. The molecular formula is C19H17Cl2N5O4. The Morgan fingerprint density at radius 3 is 2.93 bits per heavy atom. The van der Waals surface area contributed by atoms with E-state index in [4.69, 9.17) is 32.7 Å². The molecule has 1 aliphatic rings. The third-order valence-corrected chi connectivity index (χ3v) is 5.06. The fourth-order valence-electron chi connectivity index (χ4n) is 3.20. The van der Waals surface area contributed by atoms with Gasteiger partial charge in [0.25, 0.3) is 11.5 Å². The molecule has 0 unspecified atom stereocenters. The fourth-order valence-corrected chi connectivity index (χ4v) is 3.47. The Bertz CT molecular complexity index is 1210. The van der Waals surface area contributed by atoms with Gasteiger partial charge in [0.1, 0.15) is 17.4 Å². The van der Waals surface area contributed by atoms with Crippen LogP contribution in [0.3, 0.4) is 0 Å². The van der Waals surface area contributed by atoms with Gasteiger partial charge in [-0.15, -0.1) is 0 Å². The second-order valence-electron chi connectivity index (χ2n) is 6.68. The number of pyridine rings is 1. The normalized spacial score (nSPS) is 14.9. The summed E-state index contributed by atoms with van der Waals surface area (Å²) in [7, 11) is 1.50. The zero-order chi connectivity index (χ0) is 21.4. The SMILES string of the molecule is CNC(=O)COc1cc2cc(Nc3nc(Cl)ncc3Cl)cc3c2n(c1=O)[C@@H](C)CO3. The molecule has 11 heteroatoms. The standard InChI is InChI=1S/C19H17Cl2N5O4/c1-9-7-29-13-5-11(24-17-12(20)6-23-19(21)25-17)3-10-4-14(30-8-15(27)22-2)18(28)26(9)16(10)13/h3-6,9H,7-8H2,1-2H3,(H,22,27)(H,23,24,25)/t9-/m0/s1. The Labute approximate surface area is 180 Å². The van der Waals surface area contributed by atoms with Crippen molar-refractivity contribution in [3.05, 3.63) is 45.1 Å². The Morgan fingerprint density at radius 2 is 2.17 bits per heavy atom. The first-order chi connectivity index (χ1) is 14.4. The van der Waals surface area contributed by atoms with Crippen LogP contribution in [0.15, 0.2) is 29.2 Å². The molecule has 1 amide bonds. The number of anilines is 2. The van der Waals surface area contributed by atoms with Crippen LogP contribution in [0.2, 0.25) is 10.3 Å². The number of aromatic nitrogens is 3. The fraction of sp³-hybridized carbons (Fsp3) is 0.263. The van der Waals surface area contributed by atoms with E-state index in [0.717, 1.165) is 0 Å². The number of halogens is 2. The number of carbonyl (C=O) groups excluding carboxylic acids is 1. The Kier molecular flexibility index (Phi) is 5.40. The molecule has 1 atom stereocenters. The summed E-state index contributed by atoms with van der Waals surface area (Å²) in [5.41, 5.74) is 0.935. The lowest BCUT2D eigenvalue weighted by Gasteiger charge is -2.27. The Balaban J connectivity index is 1.82. The lowest BCUT2D eigenvalue weighted by molar-refractivity contribution is -0.122.